The zero-order chi connectivity index (χ0) is 8.39. The second-order valence-electron chi connectivity index (χ2n) is 2.46. The lowest BCUT2D eigenvalue weighted by Crippen LogP contribution is -1.85. The van der Waals surface area contributed by atoms with Crippen molar-refractivity contribution in [1.29, 1.82) is 0 Å². The van der Waals surface area contributed by atoms with Crippen LogP contribution < -0.4 is 0 Å². The van der Waals surface area contributed by atoms with E-state index in [1.807, 2.05) is 13.0 Å². The highest BCUT2D eigenvalue weighted by molar-refractivity contribution is 5.56. The van der Waals surface area contributed by atoms with E-state index < -0.39 is 0 Å². The average Bonchev–Trinajstić information content (AvgIpc) is 2.53. The van der Waals surface area contributed by atoms with E-state index in [1.54, 1.807) is 24.7 Å². The fourth-order valence-electron chi connectivity index (χ4n) is 1.06. The van der Waals surface area contributed by atoms with Crippen LogP contribution in [0.3, 0.4) is 0 Å². The fraction of sp³-hybridized carbons (Fsp3) is 0.111. The summed E-state index contributed by atoms with van der Waals surface area (Å²) < 4.78 is 5.14. The summed E-state index contributed by atoms with van der Waals surface area (Å²) in [5, 5.41) is 0. The first-order chi connectivity index (χ1) is 5.88. The van der Waals surface area contributed by atoms with Gasteiger partial charge in [-0.2, -0.15) is 0 Å². The lowest BCUT2D eigenvalue weighted by Gasteiger charge is -1.94. The zero-order valence-corrected chi connectivity index (χ0v) is 6.69. The molecule has 0 spiro atoms. The lowest BCUT2D eigenvalue weighted by molar-refractivity contribution is 0.535. The van der Waals surface area contributed by atoms with Crippen LogP contribution in [0.4, 0.5) is 0 Å². The molecule has 0 aromatic carbocycles. The second-order valence-corrected chi connectivity index (χ2v) is 2.46. The van der Waals surface area contributed by atoms with Gasteiger partial charge in [-0.15, -0.1) is 0 Å². The summed E-state index contributed by atoms with van der Waals surface area (Å²) in [5.41, 5.74) is 0.954. The molecule has 2 rings (SSSR count). The standard InChI is InChI=1S/C9H8N2O/c1-7-8(3-6-12-7)9-10-4-2-5-11-9/h2-6H,1H3. The van der Waals surface area contributed by atoms with Crippen LogP contribution in [-0.2, 0) is 0 Å². The first-order valence-corrected chi connectivity index (χ1v) is 3.69. The first kappa shape index (κ1) is 7.03. The molecule has 3 nitrogen and oxygen atoms in total. The van der Waals surface area contributed by atoms with Crippen LogP contribution in [-0.4, -0.2) is 9.97 Å². The molecular weight excluding hydrogens is 152 g/mol. The van der Waals surface area contributed by atoms with E-state index in [9.17, 15) is 0 Å². The monoisotopic (exact) mass is 160 g/mol. The van der Waals surface area contributed by atoms with Crippen LogP contribution in [0.2, 0.25) is 0 Å². The minimum Gasteiger partial charge on any atom is -0.469 e. The Bertz CT molecular complexity index is 367. The second kappa shape index (κ2) is 2.77. The number of hydrogen-bond acceptors (Lipinski definition) is 3. The molecule has 2 aromatic heterocycles. The molecule has 0 amide bonds. The predicted molar refractivity (Wildman–Crippen MR) is 44.5 cm³/mol. The van der Waals surface area contributed by atoms with Crippen LogP contribution in [0.25, 0.3) is 11.4 Å². The molecule has 0 aliphatic rings. The predicted octanol–water partition coefficient (Wildman–Crippen LogP) is 2.05. The molecule has 0 fully saturated rings. The fourth-order valence-corrected chi connectivity index (χ4v) is 1.06. The van der Waals surface area contributed by atoms with Crippen LogP contribution in [0.5, 0.6) is 0 Å². The molecule has 2 aromatic rings. The van der Waals surface area contributed by atoms with Gasteiger partial charge in [0.25, 0.3) is 0 Å². The maximum atomic E-state index is 5.14. The number of hydrogen-bond donors (Lipinski definition) is 0. The van der Waals surface area contributed by atoms with Crippen molar-refractivity contribution < 1.29 is 4.42 Å². The Hall–Kier alpha value is -1.64. The van der Waals surface area contributed by atoms with Gasteiger partial charge in [0.05, 0.1) is 11.8 Å². The summed E-state index contributed by atoms with van der Waals surface area (Å²) in [6, 6.07) is 3.66. The third kappa shape index (κ3) is 1.09. The molecule has 2 heterocycles. The summed E-state index contributed by atoms with van der Waals surface area (Å²) in [6.45, 7) is 1.89. The number of furan rings is 1. The van der Waals surface area contributed by atoms with E-state index in [0.717, 1.165) is 11.3 Å². The smallest absolute Gasteiger partial charge is 0.162 e. The molecule has 0 saturated carbocycles. The van der Waals surface area contributed by atoms with Gasteiger partial charge < -0.3 is 4.42 Å². The minimum absolute atomic E-state index is 0.712. The summed E-state index contributed by atoms with van der Waals surface area (Å²) >= 11 is 0. The molecule has 0 atom stereocenters. The Morgan fingerprint density at radius 2 is 2.00 bits per heavy atom. The van der Waals surface area contributed by atoms with Gasteiger partial charge in [-0.05, 0) is 19.1 Å². The van der Waals surface area contributed by atoms with Crippen molar-refractivity contribution in [2.24, 2.45) is 0 Å². The molecule has 0 bridgehead atoms. The molecule has 0 saturated heterocycles. The summed E-state index contributed by atoms with van der Waals surface area (Å²) in [7, 11) is 0. The third-order valence-corrected chi connectivity index (χ3v) is 1.67. The van der Waals surface area contributed by atoms with Gasteiger partial charge in [-0.3, -0.25) is 0 Å². The van der Waals surface area contributed by atoms with Gasteiger partial charge >= 0.3 is 0 Å². The quantitative estimate of drug-likeness (QED) is 0.640. The van der Waals surface area contributed by atoms with Gasteiger partial charge in [0.15, 0.2) is 5.82 Å². The number of nitrogens with zero attached hydrogens (tertiary/aromatic N) is 2. The minimum atomic E-state index is 0.712. The zero-order valence-electron chi connectivity index (χ0n) is 6.69. The highest BCUT2D eigenvalue weighted by atomic mass is 16.3. The summed E-state index contributed by atoms with van der Waals surface area (Å²) in [6.07, 6.45) is 5.07. The molecule has 3 heteroatoms. The van der Waals surface area contributed by atoms with E-state index in [-0.39, 0.29) is 0 Å². The van der Waals surface area contributed by atoms with Crippen molar-refractivity contribution in [3.05, 3.63) is 36.5 Å². The van der Waals surface area contributed by atoms with Crippen molar-refractivity contribution in [2.75, 3.05) is 0 Å². The summed E-state index contributed by atoms with van der Waals surface area (Å²) in [4.78, 5) is 8.22. The maximum Gasteiger partial charge on any atom is 0.162 e. The number of aryl methyl sites for hydroxylation is 1. The average molecular weight is 160 g/mol. The Labute approximate surface area is 70.1 Å². The summed E-state index contributed by atoms with van der Waals surface area (Å²) in [5.74, 6) is 1.56. The Balaban J connectivity index is 2.51. The molecule has 0 aliphatic carbocycles. The van der Waals surface area contributed by atoms with E-state index in [2.05, 4.69) is 9.97 Å². The molecule has 0 unspecified atom stereocenters. The molecule has 0 N–H and O–H groups in total. The molecule has 0 aliphatic heterocycles. The largest absolute Gasteiger partial charge is 0.469 e. The van der Waals surface area contributed by atoms with Crippen molar-refractivity contribution >= 4 is 0 Å². The van der Waals surface area contributed by atoms with Crippen molar-refractivity contribution in [1.82, 2.24) is 9.97 Å². The lowest BCUT2D eigenvalue weighted by atomic mass is 10.2. The Morgan fingerprint density at radius 1 is 1.25 bits per heavy atom. The van der Waals surface area contributed by atoms with E-state index in [1.165, 1.54) is 0 Å². The third-order valence-electron chi connectivity index (χ3n) is 1.67. The molecule has 0 radical (unpaired) electrons. The van der Waals surface area contributed by atoms with Gasteiger partial charge in [-0.25, -0.2) is 9.97 Å². The van der Waals surface area contributed by atoms with Crippen LogP contribution in [0.15, 0.2) is 35.2 Å². The van der Waals surface area contributed by atoms with E-state index in [0.29, 0.717) is 5.82 Å². The molecule has 12 heavy (non-hydrogen) atoms. The SMILES string of the molecule is Cc1occc1-c1ncccn1. The van der Waals surface area contributed by atoms with Crippen molar-refractivity contribution in [3.63, 3.8) is 0 Å². The highest BCUT2D eigenvalue weighted by Crippen LogP contribution is 2.18. The van der Waals surface area contributed by atoms with Gasteiger partial charge in [0.1, 0.15) is 5.76 Å². The van der Waals surface area contributed by atoms with Crippen LogP contribution >= 0.6 is 0 Å². The van der Waals surface area contributed by atoms with Crippen LogP contribution in [0, 0.1) is 6.92 Å². The van der Waals surface area contributed by atoms with Crippen LogP contribution in [0.1, 0.15) is 5.76 Å². The van der Waals surface area contributed by atoms with E-state index >= 15 is 0 Å². The van der Waals surface area contributed by atoms with E-state index in [4.69, 9.17) is 4.42 Å². The van der Waals surface area contributed by atoms with Crippen molar-refractivity contribution in [3.8, 4) is 11.4 Å². The maximum absolute atomic E-state index is 5.14. The topological polar surface area (TPSA) is 38.9 Å². The van der Waals surface area contributed by atoms with Gasteiger partial charge in [0, 0.05) is 12.4 Å². The molecule has 60 valence electrons. The van der Waals surface area contributed by atoms with Crippen molar-refractivity contribution in [2.45, 2.75) is 6.92 Å². The Morgan fingerprint density at radius 3 is 2.58 bits per heavy atom. The normalized spacial score (nSPS) is 10.1. The van der Waals surface area contributed by atoms with Gasteiger partial charge in [-0.1, -0.05) is 0 Å². The molecular formula is C9H8N2O. The Kier molecular flexibility index (Phi) is 1.63. The first-order valence-electron chi connectivity index (χ1n) is 3.69. The van der Waals surface area contributed by atoms with Gasteiger partial charge in [0.2, 0.25) is 0 Å². The number of aromatic nitrogens is 2. The number of rotatable bonds is 1. The highest BCUT2D eigenvalue weighted by Gasteiger charge is 2.05.